The quantitative estimate of drug-likeness (QED) is 0.798. The number of carbonyl (C=O) groups excluding carboxylic acids is 2. The van der Waals surface area contributed by atoms with Gasteiger partial charge >= 0.3 is 0 Å². The third-order valence-electron chi connectivity index (χ3n) is 4.13. The molecule has 0 saturated carbocycles. The van der Waals surface area contributed by atoms with Crippen molar-refractivity contribution in [1.29, 1.82) is 0 Å². The summed E-state index contributed by atoms with van der Waals surface area (Å²) in [5.41, 5.74) is 1.32. The molecular weight excluding hydrogens is 290 g/mol. The first-order chi connectivity index (χ1) is 11.1. The minimum Gasteiger partial charge on any atom is -0.354 e. The fourth-order valence-electron chi connectivity index (χ4n) is 2.84. The Morgan fingerprint density at radius 1 is 1.30 bits per heavy atom. The van der Waals surface area contributed by atoms with Gasteiger partial charge in [-0.25, -0.2) is 0 Å². The number of nitrogens with one attached hydrogen (secondary N) is 2. The van der Waals surface area contributed by atoms with Crippen molar-refractivity contribution in [1.82, 2.24) is 15.5 Å². The molecule has 2 amide bonds. The lowest BCUT2D eigenvalue weighted by molar-refractivity contribution is -0.129. The molecular formula is C18H27N3O2. The lowest BCUT2D eigenvalue weighted by Gasteiger charge is -2.19. The van der Waals surface area contributed by atoms with E-state index in [4.69, 9.17) is 0 Å². The van der Waals surface area contributed by atoms with E-state index in [1.165, 1.54) is 5.56 Å². The topological polar surface area (TPSA) is 61.4 Å². The summed E-state index contributed by atoms with van der Waals surface area (Å²) in [5.74, 6) is -0.128. The number of benzene rings is 1. The first-order valence-electron chi connectivity index (χ1n) is 8.44. The Morgan fingerprint density at radius 3 is 2.87 bits per heavy atom. The lowest BCUT2D eigenvalue weighted by atomic mass is 10.1. The second-order valence-electron chi connectivity index (χ2n) is 6.23. The van der Waals surface area contributed by atoms with Crippen molar-refractivity contribution in [3.05, 3.63) is 35.9 Å². The summed E-state index contributed by atoms with van der Waals surface area (Å²) in [7, 11) is 1.94. The van der Waals surface area contributed by atoms with Crippen LogP contribution in [0.25, 0.3) is 0 Å². The van der Waals surface area contributed by atoms with E-state index in [-0.39, 0.29) is 17.9 Å². The maximum atomic E-state index is 12.1. The molecule has 23 heavy (non-hydrogen) atoms. The minimum atomic E-state index is -0.372. The van der Waals surface area contributed by atoms with Gasteiger partial charge in [0.25, 0.3) is 0 Å². The fourth-order valence-corrected chi connectivity index (χ4v) is 2.84. The van der Waals surface area contributed by atoms with Gasteiger partial charge < -0.3 is 10.6 Å². The van der Waals surface area contributed by atoms with Crippen LogP contribution in [0.3, 0.4) is 0 Å². The van der Waals surface area contributed by atoms with Crippen LogP contribution in [0.2, 0.25) is 0 Å². The molecule has 5 nitrogen and oxygen atoms in total. The summed E-state index contributed by atoms with van der Waals surface area (Å²) in [5, 5.41) is 5.69. The first-order valence-corrected chi connectivity index (χ1v) is 8.44. The van der Waals surface area contributed by atoms with Gasteiger partial charge in [-0.3, -0.25) is 14.5 Å². The summed E-state index contributed by atoms with van der Waals surface area (Å²) >= 11 is 0. The molecule has 1 aromatic carbocycles. The van der Waals surface area contributed by atoms with Gasteiger partial charge in [0, 0.05) is 6.54 Å². The molecule has 2 rings (SSSR count). The zero-order valence-electron chi connectivity index (χ0n) is 13.9. The fraction of sp³-hybridized carbons (Fsp3) is 0.556. The van der Waals surface area contributed by atoms with Gasteiger partial charge in [0.1, 0.15) is 6.04 Å². The van der Waals surface area contributed by atoms with Crippen LogP contribution in [-0.2, 0) is 16.0 Å². The molecule has 126 valence electrons. The van der Waals surface area contributed by atoms with E-state index in [9.17, 15) is 9.59 Å². The maximum absolute atomic E-state index is 12.1. The zero-order chi connectivity index (χ0) is 16.5. The highest BCUT2D eigenvalue weighted by molar-refractivity contribution is 5.88. The van der Waals surface area contributed by atoms with E-state index < -0.39 is 0 Å². The van der Waals surface area contributed by atoms with Crippen molar-refractivity contribution in [2.24, 2.45) is 0 Å². The third kappa shape index (κ3) is 6.40. The Hall–Kier alpha value is -1.88. The van der Waals surface area contributed by atoms with E-state index in [2.05, 4.69) is 22.8 Å². The summed E-state index contributed by atoms with van der Waals surface area (Å²) < 4.78 is 0. The number of rotatable bonds is 7. The van der Waals surface area contributed by atoms with Crippen LogP contribution in [0, 0.1) is 0 Å². The number of hydrogen-bond donors (Lipinski definition) is 2. The SMILES string of the molecule is CN(CCCc1ccccc1)CC(=O)NC1CCCCNC1=O. The minimum absolute atomic E-state index is 0.0532. The van der Waals surface area contributed by atoms with Crippen LogP contribution in [0.1, 0.15) is 31.2 Å². The molecule has 1 aromatic rings. The highest BCUT2D eigenvalue weighted by Gasteiger charge is 2.22. The molecule has 2 N–H and O–H groups in total. The second-order valence-corrected chi connectivity index (χ2v) is 6.23. The molecule has 1 aliphatic rings. The zero-order valence-corrected chi connectivity index (χ0v) is 13.9. The third-order valence-corrected chi connectivity index (χ3v) is 4.13. The molecule has 1 saturated heterocycles. The normalized spacial score (nSPS) is 18.3. The van der Waals surface area contributed by atoms with Crippen molar-refractivity contribution >= 4 is 11.8 Å². The summed E-state index contributed by atoms with van der Waals surface area (Å²) in [6.45, 7) is 1.91. The number of aryl methyl sites for hydroxylation is 1. The second kappa shape index (κ2) is 9.30. The van der Waals surface area contributed by atoms with Crippen molar-refractivity contribution in [3.63, 3.8) is 0 Å². The Labute approximate surface area is 138 Å². The van der Waals surface area contributed by atoms with Crippen molar-refractivity contribution in [2.45, 2.75) is 38.1 Å². The van der Waals surface area contributed by atoms with E-state index in [1.807, 2.05) is 30.1 Å². The van der Waals surface area contributed by atoms with Gasteiger partial charge in [0.05, 0.1) is 6.54 Å². The van der Waals surface area contributed by atoms with Crippen LogP contribution < -0.4 is 10.6 Å². The largest absolute Gasteiger partial charge is 0.354 e. The molecule has 0 radical (unpaired) electrons. The molecule has 0 spiro atoms. The van der Waals surface area contributed by atoms with E-state index >= 15 is 0 Å². The Morgan fingerprint density at radius 2 is 2.09 bits per heavy atom. The van der Waals surface area contributed by atoms with Crippen LogP contribution in [0.4, 0.5) is 0 Å². The molecule has 0 aromatic heterocycles. The lowest BCUT2D eigenvalue weighted by Crippen LogP contribution is -2.48. The van der Waals surface area contributed by atoms with Gasteiger partial charge in [-0.15, -0.1) is 0 Å². The number of nitrogens with zero attached hydrogens (tertiary/aromatic N) is 1. The van der Waals surface area contributed by atoms with Crippen LogP contribution >= 0.6 is 0 Å². The van der Waals surface area contributed by atoms with Gasteiger partial charge in [0.2, 0.25) is 11.8 Å². The molecule has 1 aliphatic heterocycles. The highest BCUT2D eigenvalue weighted by Crippen LogP contribution is 2.06. The smallest absolute Gasteiger partial charge is 0.242 e. The number of amides is 2. The number of hydrogen-bond acceptors (Lipinski definition) is 3. The molecule has 1 unspecified atom stereocenters. The standard InChI is InChI=1S/C18H27N3O2/c1-21(13-7-10-15-8-3-2-4-9-15)14-17(22)20-16-11-5-6-12-19-18(16)23/h2-4,8-9,16H,5-7,10-14H2,1H3,(H,19,23)(H,20,22). The molecule has 0 bridgehead atoms. The van der Waals surface area contributed by atoms with Crippen molar-refractivity contribution < 1.29 is 9.59 Å². The summed E-state index contributed by atoms with van der Waals surface area (Å²) in [6, 6.07) is 9.98. The van der Waals surface area contributed by atoms with Crippen molar-refractivity contribution in [2.75, 3.05) is 26.7 Å². The highest BCUT2D eigenvalue weighted by atomic mass is 16.2. The summed E-state index contributed by atoms with van der Waals surface area (Å²) in [6.07, 6.45) is 4.71. The van der Waals surface area contributed by atoms with Crippen LogP contribution in [-0.4, -0.2) is 49.4 Å². The predicted octanol–water partition coefficient (Wildman–Crippen LogP) is 1.34. The molecule has 1 heterocycles. The van der Waals surface area contributed by atoms with E-state index in [0.717, 1.165) is 38.6 Å². The van der Waals surface area contributed by atoms with Gasteiger partial charge in [-0.2, -0.15) is 0 Å². The van der Waals surface area contributed by atoms with Crippen LogP contribution in [0.15, 0.2) is 30.3 Å². The maximum Gasteiger partial charge on any atom is 0.242 e. The Balaban J connectivity index is 1.66. The number of likely N-dealkylation sites (N-methyl/N-ethyl adjacent to an activating group) is 1. The van der Waals surface area contributed by atoms with Crippen molar-refractivity contribution in [3.8, 4) is 0 Å². The monoisotopic (exact) mass is 317 g/mol. The predicted molar refractivity (Wildman–Crippen MR) is 91.1 cm³/mol. The van der Waals surface area contributed by atoms with E-state index in [1.54, 1.807) is 0 Å². The Kier molecular flexibility index (Phi) is 7.07. The average Bonchev–Trinajstić information content (AvgIpc) is 2.73. The summed E-state index contributed by atoms with van der Waals surface area (Å²) in [4.78, 5) is 25.9. The Bertz CT molecular complexity index is 504. The average molecular weight is 317 g/mol. The van der Waals surface area contributed by atoms with Crippen LogP contribution in [0.5, 0.6) is 0 Å². The van der Waals surface area contributed by atoms with Gasteiger partial charge in [-0.1, -0.05) is 30.3 Å². The molecule has 1 fully saturated rings. The first kappa shape index (κ1) is 17.5. The van der Waals surface area contributed by atoms with Gasteiger partial charge in [0.15, 0.2) is 0 Å². The van der Waals surface area contributed by atoms with Gasteiger partial charge in [-0.05, 0) is 51.3 Å². The van der Waals surface area contributed by atoms with E-state index in [0.29, 0.717) is 13.1 Å². The molecule has 0 aliphatic carbocycles. The molecule has 1 atom stereocenters. The molecule has 5 heteroatoms. The number of carbonyl (C=O) groups is 2.